The van der Waals surface area contributed by atoms with Crippen molar-refractivity contribution >= 4 is 17.7 Å². The fraction of sp³-hybridized carbons (Fsp3) is 0.743. The molecular formula is C35H51N3O5. The molecule has 8 heteroatoms. The Morgan fingerprint density at radius 3 is 2.30 bits per heavy atom. The van der Waals surface area contributed by atoms with Gasteiger partial charge in [-0.25, -0.2) is 0 Å². The number of rotatable bonds is 2. The lowest BCUT2D eigenvalue weighted by Gasteiger charge is -2.46. The number of hydrogen-bond acceptors (Lipinski definition) is 5. The van der Waals surface area contributed by atoms with Gasteiger partial charge in [0.2, 0.25) is 11.8 Å². The fourth-order valence-corrected chi connectivity index (χ4v) is 8.25. The van der Waals surface area contributed by atoms with Gasteiger partial charge in [0, 0.05) is 56.1 Å². The van der Waals surface area contributed by atoms with Crippen molar-refractivity contribution in [2.24, 2.45) is 16.7 Å². The Hall–Kier alpha value is -2.61. The van der Waals surface area contributed by atoms with Crippen LogP contribution in [0.2, 0.25) is 0 Å². The molecule has 1 spiro atoms. The molecule has 1 saturated carbocycles. The number of benzene rings is 1. The predicted molar refractivity (Wildman–Crippen MR) is 165 cm³/mol. The summed E-state index contributed by atoms with van der Waals surface area (Å²) in [5, 5.41) is 0. The fourth-order valence-electron chi connectivity index (χ4n) is 8.25. The summed E-state index contributed by atoms with van der Waals surface area (Å²) in [6.45, 7) is 7.60. The van der Waals surface area contributed by atoms with Crippen LogP contribution in [-0.2, 0) is 14.3 Å². The number of carbonyl (C=O) groups is 3. The van der Waals surface area contributed by atoms with E-state index in [0.717, 1.165) is 96.9 Å². The molecule has 1 atom stereocenters. The van der Waals surface area contributed by atoms with Crippen molar-refractivity contribution in [2.75, 3.05) is 52.5 Å². The number of amides is 3. The van der Waals surface area contributed by atoms with Crippen LogP contribution in [0.3, 0.4) is 0 Å². The Morgan fingerprint density at radius 1 is 0.814 bits per heavy atom. The van der Waals surface area contributed by atoms with Crippen LogP contribution >= 0.6 is 0 Å². The highest BCUT2D eigenvalue weighted by Gasteiger charge is 2.44. The normalized spacial score (nSPS) is 26.9. The van der Waals surface area contributed by atoms with Gasteiger partial charge in [-0.15, -0.1) is 0 Å². The van der Waals surface area contributed by atoms with Crippen molar-refractivity contribution in [1.29, 1.82) is 0 Å². The van der Waals surface area contributed by atoms with Gasteiger partial charge in [-0.05, 0) is 76.3 Å². The van der Waals surface area contributed by atoms with Gasteiger partial charge in [0.1, 0.15) is 5.75 Å². The van der Waals surface area contributed by atoms with E-state index in [9.17, 15) is 14.4 Å². The molecule has 0 N–H and O–H groups in total. The van der Waals surface area contributed by atoms with E-state index in [-0.39, 0.29) is 29.2 Å². The zero-order chi connectivity index (χ0) is 29.9. The van der Waals surface area contributed by atoms with Gasteiger partial charge in [-0.1, -0.05) is 38.3 Å². The maximum Gasteiger partial charge on any atom is 0.257 e. The Kier molecular flexibility index (Phi) is 9.32. The summed E-state index contributed by atoms with van der Waals surface area (Å²) in [5.74, 6) is 1.48. The molecule has 4 aliphatic heterocycles. The van der Waals surface area contributed by atoms with Gasteiger partial charge >= 0.3 is 0 Å². The molecule has 6 rings (SSSR count). The van der Waals surface area contributed by atoms with E-state index in [4.69, 9.17) is 9.47 Å². The summed E-state index contributed by atoms with van der Waals surface area (Å²) >= 11 is 0. The van der Waals surface area contributed by atoms with Crippen molar-refractivity contribution in [2.45, 2.75) is 96.4 Å². The van der Waals surface area contributed by atoms with Gasteiger partial charge in [0.25, 0.3) is 5.91 Å². The van der Waals surface area contributed by atoms with Gasteiger partial charge in [0.15, 0.2) is 0 Å². The first-order chi connectivity index (χ1) is 20.9. The quantitative estimate of drug-likeness (QED) is 0.465. The second-order valence-corrected chi connectivity index (χ2v) is 14.3. The van der Waals surface area contributed by atoms with Gasteiger partial charge in [-0.2, -0.15) is 0 Å². The highest BCUT2D eigenvalue weighted by molar-refractivity contribution is 5.97. The monoisotopic (exact) mass is 593 g/mol. The molecule has 1 aliphatic carbocycles. The molecular weight excluding hydrogens is 542 g/mol. The molecule has 8 nitrogen and oxygen atoms in total. The molecule has 5 aliphatic rings. The van der Waals surface area contributed by atoms with Crippen LogP contribution < -0.4 is 4.74 Å². The molecule has 4 heterocycles. The maximum absolute atomic E-state index is 13.9. The molecule has 3 amide bonds. The number of carbonyl (C=O) groups excluding carboxylic acids is 3. The third kappa shape index (κ3) is 6.59. The molecule has 1 aromatic rings. The summed E-state index contributed by atoms with van der Waals surface area (Å²) in [4.78, 5) is 46.5. The lowest BCUT2D eigenvalue weighted by atomic mass is 9.73. The third-order valence-corrected chi connectivity index (χ3v) is 11.4. The van der Waals surface area contributed by atoms with Gasteiger partial charge in [0.05, 0.1) is 24.8 Å². The molecule has 1 aromatic carbocycles. The van der Waals surface area contributed by atoms with Crippen LogP contribution in [-0.4, -0.2) is 91.0 Å². The van der Waals surface area contributed by atoms with E-state index >= 15 is 0 Å². The average Bonchev–Trinajstić information content (AvgIpc) is 3.74. The Balaban J connectivity index is 1.09. The minimum atomic E-state index is -0.402. The highest BCUT2D eigenvalue weighted by Crippen LogP contribution is 2.41. The topological polar surface area (TPSA) is 79.4 Å². The van der Waals surface area contributed by atoms with Crippen molar-refractivity contribution in [3.63, 3.8) is 0 Å². The number of likely N-dealkylation sites (tertiary alicyclic amines) is 2. The molecule has 0 aromatic heterocycles. The first-order valence-electron chi connectivity index (χ1n) is 17.1. The van der Waals surface area contributed by atoms with E-state index < -0.39 is 5.41 Å². The van der Waals surface area contributed by atoms with Crippen LogP contribution in [0.15, 0.2) is 24.3 Å². The Bertz CT molecular complexity index is 1150. The Labute approximate surface area is 257 Å². The van der Waals surface area contributed by atoms with E-state index in [0.29, 0.717) is 43.5 Å². The van der Waals surface area contributed by atoms with E-state index in [1.54, 1.807) is 0 Å². The molecule has 4 fully saturated rings. The molecule has 0 unspecified atom stereocenters. The third-order valence-electron chi connectivity index (χ3n) is 11.4. The van der Waals surface area contributed by atoms with E-state index in [1.165, 1.54) is 12.8 Å². The zero-order valence-electron chi connectivity index (χ0n) is 26.2. The highest BCUT2D eigenvalue weighted by atomic mass is 16.5. The number of piperidine rings is 2. The number of ether oxygens (including phenoxy) is 2. The second-order valence-electron chi connectivity index (χ2n) is 14.3. The van der Waals surface area contributed by atoms with Crippen molar-refractivity contribution in [1.82, 2.24) is 14.7 Å². The summed E-state index contributed by atoms with van der Waals surface area (Å²) in [5.41, 5.74) is 0.200. The van der Waals surface area contributed by atoms with Crippen LogP contribution in [0.4, 0.5) is 0 Å². The standard InChI is InChI=1S/C35H51N3O5/c1-34(15-20-36(21-16-34)31(39)27-9-2-3-10-27)33(41)37-22-17-35(18-23-37)14-6-7-24-42-25-28-11-8-19-38(28)32(40)29-12-4-5-13-30(29)43-26-35/h4-5,12-13,27-28H,2-3,6-11,14-26H2,1H3/t28-/m0/s1. The minimum Gasteiger partial charge on any atom is -0.492 e. The molecule has 0 bridgehead atoms. The maximum atomic E-state index is 13.9. The SMILES string of the molecule is CC1(C(=O)N2CCC3(CCCCOC[C@@H]4CCCN4C(=O)c4ccccc4OC3)CC2)CCN(C(=O)C2CCCC2)CC1. The largest absolute Gasteiger partial charge is 0.492 e. The zero-order valence-corrected chi connectivity index (χ0v) is 26.2. The molecule has 236 valence electrons. The van der Waals surface area contributed by atoms with Crippen molar-refractivity contribution < 1.29 is 23.9 Å². The lowest BCUT2D eigenvalue weighted by molar-refractivity contribution is -0.150. The lowest BCUT2D eigenvalue weighted by Crippen LogP contribution is -2.53. The first kappa shape index (κ1) is 30.4. The summed E-state index contributed by atoms with van der Waals surface area (Å²) < 4.78 is 12.6. The van der Waals surface area contributed by atoms with Crippen LogP contribution in [0.5, 0.6) is 5.75 Å². The van der Waals surface area contributed by atoms with Crippen LogP contribution in [0.25, 0.3) is 0 Å². The second kappa shape index (κ2) is 13.2. The smallest absolute Gasteiger partial charge is 0.257 e. The van der Waals surface area contributed by atoms with E-state index in [2.05, 4.69) is 11.8 Å². The van der Waals surface area contributed by atoms with Crippen molar-refractivity contribution in [3.8, 4) is 5.75 Å². The Morgan fingerprint density at radius 2 is 1.53 bits per heavy atom. The van der Waals surface area contributed by atoms with Gasteiger partial charge < -0.3 is 24.2 Å². The van der Waals surface area contributed by atoms with Gasteiger partial charge in [-0.3, -0.25) is 14.4 Å². The number of nitrogens with zero attached hydrogens (tertiary/aromatic N) is 3. The molecule has 0 radical (unpaired) electrons. The van der Waals surface area contributed by atoms with Crippen LogP contribution in [0, 0.1) is 16.7 Å². The minimum absolute atomic E-state index is 0.0365. The first-order valence-corrected chi connectivity index (χ1v) is 17.1. The number of fused-ring (bicyclic) bond motifs is 2. The van der Waals surface area contributed by atoms with Crippen molar-refractivity contribution in [3.05, 3.63) is 29.8 Å². The number of para-hydroxylation sites is 1. The van der Waals surface area contributed by atoms with E-state index in [1.807, 2.05) is 34.1 Å². The average molecular weight is 594 g/mol. The summed E-state index contributed by atoms with van der Waals surface area (Å²) in [7, 11) is 0. The molecule has 3 saturated heterocycles. The molecule has 43 heavy (non-hydrogen) atoms. The number of hydrogen-bond donors (Lipinski definition) is 0. The predicted octanol–water partition coefficient (Wildman–Crippen LogP) is 5.30. The summed E-state index contributed by atoms with van der Waals surface area (Å²) in [6, 6.07) is 7.82. The summed E-state index contributed by atoms with van der Waals surface area (Å²) in [6.07, 6.45) is 12.8. The van der Waals surface area contributed by atoms with Crippen LogP contribution in [0.1, 0.15) is 101 Å².